The van der Waals surface area contributed by atoms with Crippen LogP contribution in [0.25, 0.3) is 0 Å². The third kappa shape index (κ3) is 7.74. The Morgan fingerprint density at radius 2 is 1.44 bits per heavy atom. The quantitative estimate of drug-likeness (QED) is 0.346. The molecule has 1 heterocycles. The number of ether oxygens (including phenoxy) is 1. The lowest BCUT2D eigenvalue weighted by Gasteiger charge is -2.14. The fourth-order valence-electron chi connectivity index (χ4n) is 3.34. The number of unbranched alkanes of at least 4 members (excludes halogenated alkanes) is 6. The maximum Gasteiger partial charge on any atom is 0.119 e. The number of hydrogen-bond donors (Lipinski definition) is 0. The van der Waals surface area contributed by atoms with Crippen molar-refractivity contribution in [3.8, 4) is 5.75 Å². The molecule has 0 aliphatic rings. The zero-order valence-corrected chi connectivity index (χ0v) is 17.5. The minimum absolute atomic E-state index is 0.352. The van der Waals surface area contributed by atoms with Crippen LogP contribution in [-0.2, 0) is 6.42 Å². The molecule has 2 aromatic rings. The van der Waals surface area contributed by atoms with Gasteiger partial charge in [0.1, 0.15) is 5.75 Å². The molecule has 0 aliphatic carbocycles. The predicted octanol–water partition coefficient (Wildman–Crippen LogP) is 7.32. The van der Waals surface area contributed by atoms with Gasteiger partial charge in [-0.1, -0.05) is 77.5 Å². The lowest BCUT2D eigenvalue weighted by atomic mass is 9.94. The van der Waals surface area contributed by atoms with E-state index in [2.05, 4.69) is 62.2 Å². The second-order valence-electron chi connectivity index (χ2n) is 7.59. The zero-order chi connectivity index (χ0) is 19.3. The van der Waals surface area contributed by atoms with E-state index in [-0.39, 0.29) is 0 Å². The topological polar surface area (TPSA) is 22.1 Å². The third-order valence-corrected chi connectivity index (χ3v) is 5.28. The summed E-state index contributed by atoms with van der Waals surface area (Å²) in [5, 5.41) is 0. The van der Waals surface area contributed by atoms with Crippen LogP contribution in [0.3, 0.4) is 0 Å². The fraction of sp³-hybridized carbons (Fsp3) is 0.560. The number of aryl methyl sites for hydroxylation is 1. The highest BCUT2D eigenvalue weighted by Gasteiger charge is 2.09. The summed E-state index contributed by atoms with van der Waals surface area (Å²) in [4.78, 5) is 4.66. The van der Waals surface area contributed by atoms with Gasteiger partial charge in [0.2, 0.25) is 0 Å². The third-order valence-electron chi connectivity index (χ3n) is 5.28. The first-order chi connectivity index (χ1) is 13.2. The molecule has 0 radical (unpaired) electrons. The van der Waals surface area contributed by atoms with E-state index in [1.54, 1.807) is 0 Å². The molecule has 148 valence electrons. The number of hydrogen-bond acceptors (Lipinski definition) is 2. The summed E-state index contributed by atoms with van der Waals surface area (Å²) in [7, 11) is 0. The fourth-order valence-corrected chi connectivity index (χ4v) is 3.34. The van der Waals surface area contributed by atoms with Crippen LogP contribution in [-0.4, -0.2) is 11.6 Å². The van der Waals surface area contributed by atoms with Gasteiger partial charge in [-0.15, -0.1) is 0 Å². The molecule has 0 saturated carbocycles. The number of nitrogens with zero attached hydrogens (tertiary/aromatic N) is 1. The molecule has 1 atom stereocenters. The smallest absolute Gasteiger partial charge is 0.119 e. The van der Waals surface area contributed by atoms with Crippen LogP contribution in [0.15, 0.2) is 42.6 Å². The minimum atomic E-state index is 0.352. The van der Waals surface area contributed by atoms with E-state index in [0.29, 0.717) is 5.92 Å². The highest BCUT2D eigenvalue weighted by atomic mass is 16.5. The second-order valence-corrected chi connectivity index (χ2v) is 7.59. The van der Waals surface area contributed by atoms with Gasteiger partial charge in [0, 0.05) is 17.8 Å². The Morgan fingerprint density at radius 3 is 2.11 bits per heavy atom. The van der Waals surface area contributed by atoms with Crippen molar-refractivity contribution in [3.05, 3.63) is 59.4 Å². The average Bonchev–Trinajstić information content (AvgIpc) is 2.71. The molecule has 27 heavy (non-hydrogen) atoms. The first-order valence-corrected chi connectivity index (χ1v) is 10.9. The Hall–Kier alpha value is -1.83. The molecule has 0 spiro atoms. The summed E-state index contributed by atoms with van der Waals surface area (Å²) in [6.45, 7) is 7.55. The number of pyridine rings is 1. The SMILES string of the molecule is CCCCCCCOc1ccc(C(C)c2ccc(CCCCC)nc2)cc1. The summed E-state index contributed by atoms with van der Waals surface area (Å²) >= 11 is 0. The van der Waals surface area contributed by atoms with E-state index >= 15 is 0 Å². The maximum atomic E-state index is 5.88. The van der Waals surface area contributed by atoms with Gasteiger partial charge >= 0.3 is 0 Å². The van der Waals surface area contributed by atoms with Crippen LogP contribution >= 0.6 is 0 Å². The molecule has 0 fully saturated rings. The normalized spacial score (nSPS) is 12.1. The van der Waals surface area contributed by atoms with E-state index < -0.39 is 0 Å². The molecule has 1 aromatic heterocycles. The van der Waals surface area contributed by atoms with Crippen LogP contribution in [0.4, 0.5) is 0 Å². The molecule has 2 heteroatoms. The van der Waals surface area contributed by atoms with Crippen molar-refractivity contribution < 1.29 is 4.74 Å². The molecule has 1 unspecified atom stereocenters. The lowest BCUT2D eigenvalue weighted by molar-refractivity contribution is 0.304. The molecule has 0 aliphatic heterocycles. The molecule has 0 N–H and O–H groups in total. The minimum Gasteiger partial charge on any atom is -0.494 e. The first kappa shape index (κ1) is 21.5. The Bertz CT molecular complexity index is 618. The van der Waals surface area contributed by atoms with E-state index in [1.807, 2.05) is 6.20 Å². The number of rotatable bonds is 13. The van der Waals surface area contributed by atoms with Crippen LogP contribution < -0.4 is 4.74 Å². The van der Waals surface area contributed by atoms with Gasteiger partial charge in [-0.3, -0.25) is 4.98 Å². The molecule has 0 amide bonds. The van der Waals surface area contributed by atoms with Gasteiger partial charge in [-0.2, -0.15) is 0 Å². The summed E-state index contributed by atoms with van der Waals surface area (Å²) in [6.07, 6.45) is 13.3. The number of aromatic nitrogens is 1. The predicted molar refractivity (Wildman–Crippen MR) is 116 cm³/mol. The van der Waals surface area contributed by atoms with Gasteiger partial charge in [0.25, 0.3) is 0 Å². The lowest BCUT2D eigenvalue weighted by Crippen LogP contribution is -2.00. The molecule has 1 aromatic carbocycles. The zero-order valence-electron chi connectivity index (χ0n) is 17.5. The van der Waals surface area contributed by atoms with Crippen LogP contribution in [0.2, 0.25) is 0 Å². The Balaban J connectivity index is 1.81. The summed E-state index contributed by atoms with van der Waals surface area (Å²) in [5.74, 6) is 1.33. The molecule has 2 nitrogen and oxygen atoms in total. The first-order valence-electron chi connectivity index (χ1n) is 10.9. The standard InChI is InChI=1S/C25H37NO/c1-4-6-8-9-11-19-27-25-17-14-22(15-18-25)21(3)23-13-16-24(26-20-23)12-10-7-5-2/h13-18,20-21H,4-12,19H2,1-3H3. The Kier molecular flexibility index (Phi) is 9.97. The maximum absolute atomic E-state index is 5.88. The number of benzene rings is 1. The second kappa shape index (κ2) is 12.5. The van der Waals surface area contributed by atoms with Crippen molar-refractivity contribution in [2.24, 2.45) is 0 Å². The van der Waals surface area contributed by atoms with Crippen LogP contribution in [0, 0.1) is 0 Å². The van der Waals surface area contributed by atoms with Crippen molar-refractivity contribution in [3.63, 3.8) is 0 Å². The van der Waals surface area contributed by atoms with E-state index in [9.17, 15) is 0 Å². The van der Waals surface area contributed by atoms with Crippen LogP contribution in [0.5, 0.6) is 5.75 Å². The van der Waals surface area contributed by atoms with Gasteiger partial charge in [-0.25, -0.2) is 0 Å². The molecule has 2 rings (SSSR count). The molecule has 0 bridgehead atoms. The van der Waals surface area contributed by atoms with E-state index in [1.165, 1.54) is 61.8 Å². The monoisotopic (exact) mass is 367 g/mol. The molecular weight excluding hydrogens is 330 g/mol. The van der Waals surface area contributed by atoms with E-state index in [4.69, 9.17) is 4.74 Å². The van der Waals surface area contributed by atoms with Crippen LogP contribution in [0.1, 0.15) is 94.9 Å². The Labute approximate surface area is 166 Å². The van der Waals surface area contributed by atoms with Crippen molar-refractivity contribution in [2.45, 2.75) is 84.5 Å². The van der Waals surface area contributed by atoms with Crippen molar-refractivity contribution in [1.29, 1.82) is 0 Å². The summed E-state index contributed by atoms with van der Waals surface area (Å²) in [6, 6.07) is 13.0. The van der Waals surface area contributed by atoms with Crippen molar-refractivity contribution in [1.82, 2.24) is 4.98 Å². The summed E-state index contributed by atoms with van der Waals surface area (Å²) in [5.41, 5.74) is 3.80. The van der Waals surface area contributed by atoms with Crippen molar-refractivity contribution >= 4 is 0 Å². The van der Waals surface area contributed by atoms with Gasteiger partial charge in [0.15, 0.2) is 0 Å². The van der Waals surface area contributed by atoms with Gasteiger partial charge in [-0.05, 0) is 48.6 Å². The molecule has 0 saturated heterocycles. The highest BCUT2D eigenvalue weighted by Crippen LogP contribution is 2.25. The largest absolute Gasteiger partial charge is 0.494 e. The Morgan fingerprint density at radius 1 is 0.778 bits per heavy atom. The molecular formula is C25H37NO. The van der Waals surface area contributed by atoms with Gasteiger partial charge < -0.3 is 4.74 Å². The van der Waals surface area contributed by atoms with E-state index in [0.717, 1.165) is 25.2 Å². The summed E-state index contributed by atoms with van der Waals surface area (Å²) < 4.78 is 5.88. The average molecular weight is 368 g/mol. The van der Waals surface area contributed by atoms with Crippen molar-refractivity contribution in [2.75, 3.05) is 6.61 Å². The van der Waals surface area contributed by atoms with Gasteiger partial charge in [0.05, 0.1) is 6.61 Å². The highest BCUT2D eigenvalue weighted by molar-refractivity contribution is 5.34.